The smallest absolute Gasteiger partial charge is 0.124 e. The SMILES string of the molecule is CCc1nn(CC)c(CC(O)c2ccc(F)cc2Br)c1Br. The standard InChI is InChI=1S/C15H17Br2FN2O/c1-3-12-15(17)13(20(4-2)19-12)8-14(21)10-6-5-9(18)7-11(10)16/h5-7,14,21H,3-4,8H2,1-2H3. The van der Waals surface area contributed by atoms with Crippen molar-refractivity contribution in [2.45, 2.75) is 39.3 Å². The summed E-state index contributed by atoms with van der Waals surface area (Å²) in [5.74, 6) is -0.328. The molecule has 0 saturated carbocycles. The normalized spacial score (nSPS) is 12.7. The van der Waals surface area contributed by atoms with E-state index in [0.29, 0.717) is 16.5 Å². The predicted molar refractivity (Wildman–Crippen MR) is 87.7 cm³/mol. The molecule has 0 aliphatic rings. The zero-order valence-electron chi connectivity index (χ0n) is 11.9. The zero-order chi connectivity index (χ0) is 15.6. The van der Waals surface area contributed by atoms with Crippen molar-refractivity contribution in [1.29, 1.82) is 0 Å². The van der Waals surface area contributed by atoms with Crippen molar-refractivity contribution in [3.05, 3.63) is 49.9 Å². The highest BCUT2D eigenvalue weighted by atomic mass is 79.9. The van der Waals surface area contributed by atoms with Crippen LogP contribution in [0.1, 0.15) is 36.9 Å². The number of benzene rings is 1. The lowest BCUT2D eigenvalue weighted by Crippen LogP contribution is -2.09. The molecule has 0 fully saturated rings. The van der Waals surface area contributed by atoms with Crippen molar-refractivity contribution in [1.82, 2.24) is 9.78 Å². The van der Waals surface area contributed by atoms with Crippen LogP contribution in [-0.2, 0) is 19.4 Å². The monoisotopic (exact) mass is 418 g/mol. The molecule has 1 heterocycles. The van der Waals surface area contributed by atoms with E-state index in [1.54, 1.807) is 6.07 Å². The first kappa shape index (κ1) is 16.6. The summed E-state index contributed by atoms with van der Waals surface area (Å²) in [6.07, 6.45) is 0.533. The van der Waals surface area contributed by atoms with E-state index in [9.17, 15) is 9.50 Å². The third-order valence-electron chi connectivity index (χ3n) is 3.40. The average molecular weight is 420 g/mol. The molecule has 0 saturated heterocycles. The van der Waals surface area contributed by atoms with Crippen LogP contribution in [-0.4, -0.2) is 14.9 Å². The van der Waals surface area contributed by atoms with Gasteiger partial charge in [-0.15, -0.1) is 0 Å². The Labute approximate surface area is 140 Å². The van der Waals surface area contributed by atoms with Gasteiger partial charge >= 0.3 is 0 Å². The Hall–Kier alpha value is -0.720. The van der Waals surface area contributed by atoms with Gasteiger partial charge in [0.05, 0.1) is 22.0 Å². The van der Waals surface area contributed by atoms with Gasteiger partial charge in [-0.05, 0) is 47.0 Å². The fraction of sp³-hybridized carbons (Fsp3) is 0.400. The molecule has 1 atom stereocenters. The molecule has 0 radical (unpaired) electrons. The summed E-state index contributed by atoms with van der Waals surface area (Å²) in [6, 6.07) is 4.32. The number of halogens is 3. The molecular formula is C15H17Br2FN2O. The minimum Gasteiger partial charge on any atom is -0.388 e. The summed E-state index contributed by atoms with van der Waals surface area (Å²) in [5, 5.41) is 15.0. The molecule has 0 bridgehead atoms. The van der Waals surface area contributed by atoms with Gasteiger partial charge in [-0.2, -0.15) is 5.10 Å². The van der Waals surface area contributed by atoms with Crippen molar-refractivity contribution >= 4 is 31.9 Å². The Balaban J connectivity index is 2.31. The molecule has 0 aliphatic carbocycles. The van der Waals surface area contributed by atoms with Crippen LogP contribution in [0.25, 0.3) is 0 Å². The molecule has 0 amide bonds. The van der Waals surface area contributed by atoms with Gasteiger partial charge in [0.15, 0.2) is 0 Å². The first-order chi connectivity index (χ1) is 9.97. The molecule has 114 valence electrons. The number of hydrogen-bond donors (Lipinski definition) is 1. The van der Waals surface area contributed by atoms with Crippen molar-refractivity contribution in [2.24, 2.45) is 0 Å². The number of aromatic nitrogens is 2. The third kappa shape index (κ3) is 3.55. The first-order valence-electron chi connectivity index (χ1n) is 6.84. The summed E-state index contributed by atoms with van der Waals surface area (Å²) in [7, 11) is 0. The number of hydrogen-bond acceptors (Lipinski definition) is 2. The van der Waals surface area contributed by atoms with Gasteiger partial charge in [0, 0.05) is 17.4 Å². The Morgan fingerprint density at radius 1 is 1.33 bits per heavy atom. The van der Waals surface area contributed by atoms with E-state index in [1.807, 2.05) is 18.5 Å². The number of aryl methyl sites for hydroxylation is 2. The van der Waals surface area contributed by atoms with Gasteiger partial charge in [-0.25, -0.2) is 4.39 Å². The van der Waals surface area contributed by atoms with Gasteiger partial charge in [0.1, 0.15) is 5.82 Å². The lowest BCUT2D eigenvalue weighted by atomic mass is 10.0. The highest BCUT2D eigenvalue weighted by Crippen LogP contribution is 2.30. The largest absolute Gasteiger partial charge is 0.388 e. The lowest BCUT2D eigenvalue weighted by molar-refractivity contribution is 0.174. The second kappa shape index (κ2) is 7.03. The van der Waals surface area contributed by atoms with E-state index in [4.69, 9.17) is 0 Å². The molecule has 1 aromatic carbocycles. The van der Waals surface area contributed by atoms with E-state index < -0.39 is 6.10 Å². The second-order valence-corrected chi connectivity index (χ2v) is 6.41. The van der Waals surface area contributed by atoms with Crippen molar-refractivity contribution in [3.8, 4) is 0 Å². The van der Waals surface area contributed by atoms with Crippen LogP contribution in [0.15, 0.2) is 27.1 Å². The van der Waals surface area contributed by atoms with E-state index in [-0.39, 0.29) is 5.82 Å². The van der Waals surface area contributed by atoms with Crippen LogP contribution in [0.5, 0.6) is 0 Å². The summed E-state index contributed by atoms with van der Waals surface area (Å²) in [4.78, 5) is 0. The zero-order valence-corrected chi connectivity index (χ0v) is 15.1. The van der Waals surface area contributed by atoms with Gasteiger partial charge < -0.3 is 5.11 Å². The average Bonchev–Trinajstić information content (AvgIpc) is 2.75. The van der Waals surface area contributed by atoms with Gasteiger partial charge in [0.2, 0.25) is 0 Å². The minimum absolute atomic E-state index is 0.328. The lowest BCUT2D eigenvalue weighted by Gasteiger charge is -2.14. The fourth-order valence-electron chi connectivity index (χ4n) is 2.28. The van der Waals surface area contributed by atoms with E-state index >= 15 is 0 Å². The first-order valence-corrected chi connectivity index (χ1v) is 8.43. The van der Waals surface area contributed by atoms with Gasteiger partial charge in [0.25, 0.3) is 0 Å². The van der Waals surface area contributed by atoms with Crippen LogP contribution in [0.3, 0.4) is 0 Å². The molecular weight excluding hydrogens is 403 g/mol. The molecule has 0 spiro atoms. The number of rotatable bonds is 5. The molecule has 0 aliphatic heterocycles. The van der Waals surface area contributed by atoms with Crippen LogP contribution in [0.2, 0.25) is 0 Å². The van der Waals surface area contributed by atoms with E-state index in [2.05, 4.69) is 37.0 Å². The minimum atomic E-state index is -0.719. The Morgan fingerprint density at radius 2 is 2.05 bits per heavy atom. The van der Waals surface area contributed by atoms with Crippen molar-refractivity contribution in [3.63, 3.8) is 0 Å². The maximum absolute atomic E-state index is 13.1. The fourth-order valence-corrected chi connectivity index (χ4v) is 3.62. The maximum atomic E-state index is 13.1. The van der Waals surface area contributed by atoms with Crippen LogP contribution < -0.4 is 0 Å². The Morgan fingerprint density at radius 3 is 2.62 bits per heavy atom. The molecule has 6 heteroatoms. The van der Waals surface area contributed by atoms with E-state index in [0.717, 1.165) is 28.8 Å². The molecule has 2 rings (SSSR count). The molecule has 21 heavy (non-hydrogen) atoms. The highest BCUT2D eigenvalue weighted by molar-refractivity contribution is 9.10. The Kier molecular flexibility index (Phi) is 5.57. The second-order valence-electron chi connectivity index (χ2n) is 4.76. The van der Waals surface area contributed by atoms with Gasteiger partial charge in [-0.3, -0.25) is 4.68 Å². The molecule has 1 unspecified atom stereocenters. The number of nitrogens with zero attached hydrogens (tertiary/aromatic N) is 2. The van der Waals surface area contributed by atoms with E-state index in [1.165, 1.54) is 12.1 Å². The summed E-state index contributed by atoms with van der Waals surface area (Å²) in [6.45, 7) is 4.80. The van der Waals surface area contributed by atoms with Gasteiger partial charge in [-0.1, -0.05) is 28.9 Å². The number of aliphatic hydroxyl groups excluding tert-OH is 1. The quantitative estimate of drug-likeness (QED) is 0.779. The molecule has 3 nitrogen and oxygen atoms in total. The van der Waals surface area contributed by atoms with Crippen molar-refractivity contribution in [2.75, 3.05) is 0 Å². The highest BCUT2D eigenvalue weighted by Gasteiger charge is 2.19. The van der Waals surface area contributed by atoms with Crippen LogP contribution in [0.4, 0.5) is 4.39 Å². The number of aliphatic hydroxyl groups is 1. The van der Waals surface area contributed by atoms with Crippen LogP contribution >= 0.6 is 31.9 Å². The predicted octanol–water partition coefficient (Wildman–Crippen LogP) is 4.41. The summed E-state index contributed by atoms with van der Waals surface area (Å²) < 4.78 is 16.6. The summed E-state index contributed by atoms with van der Waals surface area (Å²) in [5.41, 5.74) is 2.61. The molecule has 1 N–H and O–H groups in total. The Bertz CT molecular complexity index is 643. The summed E-state index contributed by atoms with van der Waals surface area (Å²) >= 11 is 6.87. The molecule has 1 aromatic heterocycles. The molecule has 2 aromatic rings. The van der Waals surface area contributed by atoms with Crippen molar-refractivity contribution < 1.29 is 9.50 Å². The topological polar surface area (TPSA) is 38.0 Å². The maximum Gasteiger partial charge on any atom is 0.124 e. The third-order valence-corrected chi connectivity index (χ3v) is 5.00. The van der Waals surface area contributed by atoms with Crippen LogP contribution in [0, 0.1) is 5.82 Å².